The molecule has 2 atom stereocenters. The van der Waals surface area contributed by atoms with Crippen LogP contribution in [0.25, 0.3) is 0 Å². The second kappa shape index (κ2) is 5.31. The van der Waals surface area contributed by atoms with Crippen LogP contribution in [0.1, 0.15) is 32.6 Å². The van der Waals surface area contributed by atoms with E-state index in [9.17, 15) is 9.59 Å². The minimum Gasteiger partial charge on any atom is -0.489 e. The first-order valence-electron chi connectivity index (χ1n) is 6.68. The van der Waals surface area contributed by atoms with Crippen molar-refractivity contribution in [2.45, 2.75) is 38.7 Å². The average molecular weight is 280 g/mol. The van der Waals surface area contributed by atoms with Crippen LogP contribution in [-0.2, 0) is 23.8 Å². The smallest absolute Gasteiger partial charge is 0.337 e. The molecule has 0 N–H and O–H groups in total. The Hall–Kier alpha value is -1.78. The molecule has 0 aromatic rings. The van der Waals surface area contributed by atoms with E-state index in [4.69, 9.17) is 14.2 Å². The molecule has 5 heteroatoms. The molecule has 1 aliphatic heterocycles. The lowest BCUT2D eigenvalue weighted by Gasteiger charge is -2.30. The van der Waals surface area contributed by atoms with Crippen LogP contribution in [-0.4, -0.2) is 32.3 Å². The largest absolute Gasteiger partial charge is 0.489 e. The third kappa shape index (κ3) is 2.11. The molecular formula is C15H20O5. The van der Waals surface area contributed by atoms with Crippen LogP contribution in [0.4, 0.5) is 0 Å². The fraction of sp³-hybridized carbons (Fsp3) is 0.600. The van der Waals surface area contributed by atoms with Gasteiger partial charge in [0.1, 0.15) is 17.3 Å². The number of rotatable bonds is 3. The lowest BCUT2D eigenvalue weighted by atomic mass is 9.72. The summed E-state index contributed by atoms with van der Waals surface area (Å²) >= 11 is 0. The predicted octanol–water partition coefficient (Wildman–Crippen LogP) is 2.12. The number of ether oxygens (including phenoxy) is 3. The van der Waals surface area contributed by atoms with Gasteiger partial charge in [0.25, 0.3) is 0 Å². The van der Waals surface area contributed by atoms with E-state index in [2.05, 4.69) is 6.58 Å². The van der Waals surface area contributed by atoms with Gasteiger partial charge in [0, 0.05) is 6.42 Å². The number of hydrogen-bond acceptors (Lipinski definition) is 5. The zero-order chi connectivity index (χ0) is 14.9. The Labute approximate surface area is 118 Å². The Balaban J connectivity index is 2.52. The molecule has 0 aromatic carbocycles. The van der Waals surface area contributed by atoms with E-state index in [0.717, 1.165) is 12.0 Å². The molecule has 0 bridgehead atoms. The van der Waals surface area contributed by atoms with Crippen molar-refractivity contribution in [1.82, 2.24) is 0 Å². The SMILES string of the molecule is C=C(C)[C@H]1C[C@@]2(C(=O)OC)CCCC(C(=O)OC)=C2O1. The first-order chi connectivity index (χ1) is 9.46. The molecule has 0 aromatic heterocycles. The van der Waals surface area contributed by atoms with Gasteiger partial charge in [0.15, 0.2) is 0 Å². The summed E-state index contributed by atoms with van der Waals surface area (Å²) in [5.41, 5.74) is 0.424. The summed E-state index contributed by atoms with van der Waals surface area (Å²) in [5, 5.41) is 0. The van der Waals surface area contributed by atoms with Crippen LogP contribution < -0.4 is 0 Å². The van der Waals surface area contributed by atoms with Crippen molar-refractivity contribution in [3.8, 4) is 0 Å². The second-order valence-corrected chi connectivity index (χ2v) is 5.38. The molecule has 1 fully saturated rings. The van der Waals surface area contributed by atoms with Gasteiger partial charge < -0.3 is 14.2 Å². The van der Waals surface area contributed by atoms with Crippen LogP contribution in [0, 0.1) is 5.41 Å². The fourth-order valence-corrected chi connectivity index (χ4v) is 3.03. The highest BCUT2D eigenvalue weighted by Crippen LogP contribution is 2.52. The van der Waals surface area contributed by atoms with E-state index in [-0.39, 0.29) is 12.1 Å². The maximum Gasteiger partial charge on any atom is 0.337 e. The van der Waals surface area contributed by atoms with Gasteiger partial charge in [-0.1, -0.05) is 6.58 Å². The Morgan fingerprint density at radius 2 is 2.05 bits per heavy atom. The van der Waals surface area contributed by atoms with E-state index in [1.165, 1.54) is 14.2 Å². The number of methoxy groups -OCH3 is 2. The Kier molecular flexibility index (Phi) is 3.88. The summed E-state index contributed by atoms with van der Waals surface area (Å²) < 4.78 is 15.6. The molecule has 1 saturated heterocycles. The summed E-state index contributed by atoms with van der Waals surface area (Å²) in [7, 11) is 2.69. The molecular weight excluding hydrogens is 260 g/mol. The molecule has 2 rings (SSSR count). The standard InChI is InChI=1S/C15H20O5/c1-9(2)11-8-15(14(17)19-4)7-5-6-10(12(15)20-11)13(16)18-3/h11H,1,5-8H2,2-4H3/t11-,15+/m1/s1. The van der Waals surface area contributed by atoms with E-state index in [0.29, 0.717) is 30.6 Å². The van der Waals surface area contributed by atoms with E-state index >= 15 is 0 Å². The highest BCUT2D eigenvalue weighted by Gasteiger charge is 2.55. The summed E-state index contributed by atoms with van der Waals surface area (Å²) in [6, 6.07) is 0. The maximum absolute atomic E-state index is 12.3. The molecule has 110 valence electrons. The van der Waals surface area contributed by atoms with Crippen molar-refractivity contribution < 1.29 is 23.8 Å². The van der Waals surface area contributed by atoms with E-state index < -0.39 is 11.4 Å². The number of carbonyl (C=O) groups is 2. The summed E-state index contributed by atoms with van der Waals surface area (Å²) in [6.07, 6.45) is 2.13. The van der Waals surface area contributed by atoms with Crippen LogP contribution in [0.15, 0.2) is 23.5 Å². The van der Waals surface area contributed by atoms with Gasteiger partial charge in [-0.25, -0.2) is 4.79 Å². The molecule has 0 unspecified atom stereocenters. The highest BCUT2D eigenvalue weighted by atomic mass is 16.5. The van der Waals surface area contributed by atoms with Gasteiger partial charge in [-0.3, -0.25) is 4.79 Å². The van der Waals surface area contributed by atoms with Crippen molar-refractivity contribution in [3.05, 3.63) is 23.5 Å². The summed E-state index contributed by atoms with van der Waals surface area (Å²) in [6.45, 7) is 5.74. The van der Waals surface area contributed by atoms with E-state index in [1.54, 1.807) is 0 Å². The normalized spacial score (nSPS) is 28.4. The minimum atomic E-state index is -0.861. The quantitative estimate of drug-likeness (QED) is 0.585. The van der Waals surface area contributed by atoms with Crippen molar-refractivity contribution in [1.29, 1.82) is 0 Å². The third-order valence-electron chi connectivity index (χ3n) is 4.09. The van der Waals surface area contributed by atoms with Gasteiger partial charge >= 0.3 is 11.9 Å². The van der Waals surface area contributed by atoms with Crippen molar-refractivity contribution >= 4 is 11.9 Å². The lowest BCUT2D eigenvalue weighted by Crippen LogP contribution is -2.35. The zero-order valence-electron chi connectivity index (χ0n) is 12.2. The van der Waals surface area contributed by atoms with Crippen LogP contribution in [0.5, 0.6) is 0 Å². The number of fused-ring (bicyclic) bond motifs is 1. The molecule has 0 spiro atoms. The van der Waals surface area contributed by atoms with Crippen LogP contribution in [0.2, 0.25) is 0 Å². The predicted molar refractivity (Wildman–Crippen MR) is 71.6 cm³/mol. The van der Waals surface area contributed by atoms with Crippen molar-refractivity contribution in [3.63, 3.8) is 0 Å². The summed E-state index contributed by atoms with van der Waals surface area (Å²) in [5.74, 6) is -0.358. The average Bonchev–Trinajstić information content (AvgIpc) is 2.86. The minimum absolute atomic E-state index is 0.262. The van der Waals surface area contributed by atoms with Crippen LogP contribution >= 0.6 is 0 Å². The first-order valence-corrected chi connectivity index (χ1v) is 6.68. The van der Waals surface area contributed by atoms with Gasteiger partial charge in [0.2, 0.25) is 0 Å². The van der Waals surface area contributed by atoms with E-state index in [1.807, 2.05) is 6.92 Å². The molecule has 1 aliphatic carbocycles. The van der Waals surface area contributed by atoms with Gasteiger partial charge in [-0.2, -0.15) is 0 Å². The number of esters is 2. The molecule has 2 aliphatic rings. The molecule has 0 amide bonds. The third-order valence-corrected chi connectivity index (χ3v) is 4.09. The molecule has 5 nitrogen and oxygen atoms in total. The summed E-state index contributed by atoms with van der Waals surface area (Å²) in [4.78, 5) is 24.2. The molecule has 0 radical (unpaired) electrons. The topological polar surface area (TPSA) is 61.8 Å². The van der Waals surface area contributed by atoms with Crippen LogP contribution in [0.3, 0.4) is 0 Å². The first kappa shape index (κ1) is 14.6. The molecule has 1 heterocycles. The zero-order valence-corrected chi connectivity index (χ0v) is 12.2. The fourth-order valence-electron chi connectivity index (χ4n) is 3.03. The highest BCUT2D eigenvalue weighted by molar-refractivity contribution is 5.92. The Morgan fingerprint density at radius 1 is 1.35 bits per heavy atom. The Morgan fingerprint density at radius 3 is 2.60 bits per heavy atom. The number of carbonyl (C=O) groups excluding carboxylic acids is 2. The van der Waals surface area contributed by atoms with Gasteiger partial charge in [0.05, 0.1) is 19.8 Å². The Bertz CT molecular complexity index is 490. The lowest BCUT2D eigenvalue weighted by molar-refractivity contribution is -0.151. The molecule has 0 saturated carbocycles. The van der Waals surface area contributed by atoms with Gasteiger partial charge in [-0.15, -0.1) is 0 Å². The number of hydrogen-bond donors (Lipinski definition) is 0. The van der Waals surface area contributed by atoms with Crippen molar-refractivity contribution in [2.75, 3.05) is 14.2 Å². The molecule has 20 heavy (non-hydrogen) atoms. The van der Waals surface area contributed by atoms with Gasteiger partial charge in [-0.05, 0) is 31.8 Å². The second-order valence-electron chi connectivity index (χ2n) is 5.38. The van der Waals surface area contributed by atoms with Crippen molar-refractivity contribution in [2.24, 2.45) is 5.41 Å². The maximum atomic E-state index is 12.3. The monoisotopic (exact) mass is 280 g/mol.